The normalized spacial score (nSPS) is 10.6. The molecule has 0 unspecified atom stereocenters. The summed E-state index contributed by atoms with van der Waals surface area (Å²) in [5, 5.41) is 6.39. The van der Waals surface area contributed by atoms with Crippen LogP contribution in [0.2, 0.25) is 0 Å². The van der Waals surface area contributed by atoms with Crippen molar-refractivity contribution in [2.24, 2.45) is 5.92 Å². The molecule has 23 heavy (non-hydrogen) atoms. The minimum atomic E-state index is 0.0960. The highest BCUT2D eigenvalue weighted by Crippen LogP contribution is 2.16. The molecule has 3 heteroatoms. The third kappa shape index (κ3) is 5.44. The lowest BCUT2D eigenvalue weighted by Gasteiger charge is -2.13. The fraction of sp³-hybridized carbons (Fsp3) is 0.350. The second-order valence-corrected chi connectivity index (χ2v) is 5.74. The Kier molecular flexibility index (Phi) is 6.67. The number of carbonyl (C=O) groups excluding carboxylic acids is 1. The summed E-state index contributed by atoms with van der Waals surface area (Å²) < 4.78 is 0. The van der Waals surface area contributed by atoms with Gasteiger partial charge in [-0.2, -0.15) is 0 Å². The van der Waals surface area contributed by atoms with E-state index < -0.39 is 0 Å². The van der Waals surface area contributed by atoms with E-state index in [1.807, 2.05) is 44.2 Å². The van der Waals surface area contributed by atoms with Crippen molar-refractivity contribution in [3.05, 3.63) is 60.2 Å². The maximum absolute atomic E-state index is 12.1. The van der Waals surface area contributed by atoms with Crippen molar-refractivity contribution in [3.63, 3.8) is 0 Å². The first-order valence-electron chi connectivity index (χ1n) is 8.41. The second-order valence-electron chi connectivity index (χ2n) is 5.74. The average Bonchev–Trinajstić information content (AvgIpc) is 2.58. The van der Waals surface area contributed by atoms with Gasteiger partial charge in [0, 0.05) is 23.8 Å². The highest BCUT2D eigenvalue weighted by atomic mass is 16.1. The molecule has 0 spiro atoms. The van der Waals surface area contributed by atoms with E-state index in [1.165, 1.54) is 5.56 Å². The molecule has 122 valence electrons. The molecule has 0 atom stereocenters. The van der Waals surface area contributed by atoms with E-state index in [-0.39, 0.29) is 11.8 Å². The maximum atomic E-state index is 12.1. The van der Waals surface area contributed by atoms with Gasteiger partial charge in [0.1, 0.15) is 0 Å². The van der Waals surface area contributed by atoms with Crippen molar-refractivity contribution in [1.29, 1.82) is 0 Å². The summed E-state index contributed by atoms with van der Waals surface area (Å²) in [6.45, 7) is 4.99. The lowest BCUT2D eigenvalue weighted by molar-refractivity contribution is -0.120. The lowest BCUT2D eigenvalue weighted by Crippen LogP contribution is -2.21. The van der Waals surface area contributed by atoms with Gasteiger partial charge in [0.05, 0.1) is 0 Å². The molecule has 0 saturated heterocycles. The molecular weight excluding hydrogens is 284 g/mol. The molecule has 1 amide bonds. The molecular formula is C20H26N2O. The second kappa shape index (κ2) is 8.99. The van der Waals surface area contributed by atoms with Gasteiger partial charge in [-0.1, -0.05) is 44.2 Å². The lowest BCUT2D eigenvalue weighted by atomic mass is 10.0. The van der Waals surface area contributed by atoms with Gasteiger partial charge >= 0.3 is 0 Å². The molecule has 3 nitrogen and oxygen atoms in total. The van der Waals surface area contributed by atoms with E-state index in [0.29, 0.717) is 0 Å². The van der Waals surface area contributed by atoms with Gasteiger partial charge in [0.15, 0.2) is 0 Å². The predicted octanol–water partition coefficient (Wildman–Crippen LogP) is 4.72. The molecule has 2 N–H and O–H groups in total. The third-order valence-electron chi connectivity index (χ3n) is 4.09. The molecule has 0 aliphatic heterocycles. The fourth-order valence-corrected chi connectivity index (χ4v) is 2.57. The van der Waals surface area contributed by atoms with Crippen molar-refractivity contribution in [2.45, 2.75) is 33.1 Å². The first-order valence-corrected chi connectivity index (χ1v) is 8.41. The number of hydrogen-bond acceptors (Lipinski definition) is 2. The number of rotatable bonds is 8. The highest BCUT2D eigenvalue weighted by molar-refractivity contribution is 5.92. The summed E-state index contributed by atoms with van der Waals surface area (Å²) in [4.78, 5) is 12.1. The molecule has 0 aromatic heterocycles. The van der Waals surface area contributed by atoms with Crippen molar-refractivity contribution < 1.29 is 4.79 Å². The third-order valence-corrected chi connectivity index (χ3v) is 4.09. The van der Waals surface area contributed by atoms with Crippen LogP contribution in [-0.4, -0.2) is 12.5 Å². The van der Waals surface area contributed by atoms with Crippen molar-refractivity contribution >= 4 is 17.3 Å². The summed E-state index contributed by atoms with van der Waals surface area (Å²) in [7, 11) is 0. The van der Waals surface area contributed by atoms with Crippen LogP contribution in [0, 0.1) is 5.92 Å². The Balaban J connectivity index is 1.81. The zero-order valence-corrected chi connectivity index (χ0v) is 14.0. The summed E-state index contributed by atoms with van der Waals surface area (Å²) in [5.74, 6) is 0.207. The quantitative estimate of drug-likeness (QED) is 0.741. The van der Waals surface area contributed by atoms with Gasteiger partial charge < -0.3 is 10.6 Å². The molecule has 2 aromatic rings. The molecule has 0 bridgehead atoms. The predicted molar refractivity (Wildman–Crippen MR) is 97.8 cm³/mol. The van der Waals surface area contributed by atoms with Gasteiger partial charge in [-0.3, -0.25) is 4.79 Å². The van der Waals surface area contributed by atoms with Gasteiger partial charge in [-0.05, 0) is 49.1 Å². The number of hydrogen-bond donors (Lipinski definition) is 2. The fourth-order valence-electron chi connectivity index (χ4n) is 2.57. The number of benzene rings is 2. The molecule has 0 saturated carbocycles. The zero-order valence-electron chi connectivity index (χ0n) is 14.0. The van der Waals surface area contributed by atoms with Gasteiger partial charge in [-0.25, -0.2) is 0 Å². The number of anilines is 2. The smallest absolute Gasteiger partial charge is 0.227 e. The Morgan fingerprint density at radius 3 is 2.13 bits per heavy atom. The van der Waals surface area contributed by atoms with Crippen LogP contribution < -0.4 is 10.6 Å². The van der Waals surface area contributed by atoms with Gasteiger partial charge in [0.2, 0.25) is 5.91 Å². The minimum Gasteiger partial charge on any atom is -0.385 e. The number of carbonyl (C=O) groups is 1. The van der Waals surface area contributed by atoms with E-state index >= 15 is 0 Å². The standard InChI is InChI=1S/C20H26N2O/c1-3-17(4-2)20(23)22-19-12-10-18(11-13-19)21-15-14-16-8-6-5-7-9-16/h5-13,17,21H,3-4,14-15H2,1-2H3,(H,22,23). The van der Waals surface area contributed by atoms with Crippen LogP contribution in [0.5, 0.6) is 0 Å². The average molecular weight is 310 g/mol. The summed E-state index contributed by atoms with van der Waals surface area (Å²) in [6, 6.07) is 18.3. The number of nitrogens with one attached hydrogen (secondary N) is 2. The van der Waals surface area contributed by atoms with Crippen molar-refractivity contribution in [1.82, 2.24) is 0 Å². The molecule has 0 aliphatic rings. The summed E-state index contributed by atoms with van der Waals surface area (Å²) in [6.07, 6.45) is 2.75. The summed E-state index contributed by atoms with van der Waals surface area (Å²) in [5.41, 5.74) is 3.26. The SMILES string of the molecule is CCC(CC)C(=O)Nc1ccc(NCCc2ccccc2)cc1. The molecule has 0 fully saturated rings. The van der Waals surface area contributed by atoms with Crippen molar-refractivity contribution in [2.75, 3.05) is 17.2 Å². The van der Waals surface area contributed by atoms with Crippen LogP contribution in [0.25, 0.3) is 0 Å². The van der Waals surface area contributed by atoms with Crippen LogP contribution in [0.3, 0.4) is 0 Å². The Hall–Kier alpha value is -2.29. The van der Waals surface area contributed by atoms with Gasteiger partial charge in [0.25, 0.3) is 0 Å². The van der Waals surface area contributed by atoms with Crippen molar-refractivity contribution in [3.8, 4) is 0 Å². The van der Waals surface area contributed by atoms with E-state index in [0.717, 1.165) is 37.2 Å². The van der Waals surface area contributed by atoms with Crippen LogP contribution in [0.1, 0.15) is 32.3 Å². The Morgan fingerprint density at radius 1 is 0.913 bits per heavy atom. The first-order chi connectivity index (χ1) is 11.2. The monoisotopic (exact) mass is 310 g/mol. The largest absolute Gasteiger partial charge is 0.385 e. The van der Waals surface area contributed by atoms with Crippen LogP contribution in [0.4, 0.5) is 11.4 Å². The Labute approximate surface area is 139 Å². The van der Waals surface area contributed by atoms with E-state index in [1.54, 1.807) is 0 Å². The molecule has 0 radical (unpaired) electrons. The van der Waals surface area contributed by atoms with Crippen LogP contribution >= 0.6 is 0 Å². The van der Waals surface area contributed by atoms with E-state index in [9.17, 15) is 4.79 Å². The first kappa shape index (κ1) is 17.1. The molecule has 2 aromatic carbocycles. The van der Waals surface area contributed by atoms with Crippen LogP contribution in [0.15, 0.2) is 54.6 Å². The maximum Gasteiger partial charge on any atom is 0.227 e. The van der Waals surface area contributed by atoms with E-state index in [4.69, 9.17) is 0 Å². The number of amides is 1. The van der Waals surface area contributed by atoms with Gasteiger partial charge in [-0.15, -0.1) is 0 Å². The van der Waals surface area contributed by atoms with E-state index in [2.05, 4.69) is 34.9 Å². The molecule has 2 rings (SSSR count). The topological polar surface area (TPSA) is 41.1 Å². The minimum absolute atomic E-state index is 0.0960. The summed E-state index contributed by atoms with van der Waals surface area (Å²) >= 11 is 0. The zero-order chi connectivity index (χ0) is 16.5. The Morgan fingerprint density at radius 2 is 1.52 bits per heavy atom. The highest BCUT2D eigenvalue weighted by Gasteiger charge is 2.13. The molecule has 0 aliphatic carbocycles. The Bertz CT molecular complexity index is 589. The van der Waals surface area contributed by atoms with Crippen LogP contribution in [-0.2, 0) is 11.2 Å². The molecule has 0 heterocycles.